The summed E-state index contributed by atoms with van der Waals surface area (Å²) in [4.78, 5) is 70.8. The van der Waals surface area contributed by atoms with E-state index in [9.17, 15) is 33.9 Å². The molecule has 0 radical (unpaired) electrons. The van der Waals surface area contributed by atoms with Crippen molar-refractivity contribution < 1.29 is 33.9 Å². The molecule has 12 N–H and O–H groups in total. The first-order chi connectivity index (χ1) is 15.4. The summed E-state index contributed by atoms with van der Waals surface area (Å²) < 4.78 is 0. The van der Waals surface area contributed by atoms with E-state index in [-0.39, 0.29) is 25.0 Å². The van der Waals surface area contributed by atoms with Gasteiger partial charge in [-0.1, -0.05) is 0 Å². The van der Waals surface area contributed by atoms with Gasteiger partial charge >= 0.3 is 5.97 Å². The minimum Gasteiger partial charge on any atom is -0.480 e. The Morgan fingerprint density at radius 3 is 1.82 bits per heavy atom. The molecule has 0 saturated carbocycles. The van der Waals surface area contributed by atoms with Gasteiger partial charge in [0.15, 0.2) is 0 Å². The number of primary amides is 2. The van der Waals surface area contributed by atoms with Crippen molar-refractivity contribution in [3.8, 4) is 0 Å². The summed E-state index contributed by atoms with van der Waals surface area (Å²) in [6.07, 6.45) is 0.189. The van der Waals surface area contributed by atoms with Crippen molar-refractivity contribution in [3.63, 3.8) is 0 Å². The highest BCUT2D eigenvalue weighted by Gasteiger charge is 2.30. The number of aliphatic carboxylic acids is 1. The third-order valence-corrected chi connectivity index (χ3v) is 4.81. The highest BCUT2D eigenvalue weighted by atomic mass is 32.1. The molecule has 0 aliphatic carbocycles. The predicted molar refractivity (Wildman–Crippen MR) is 120 cm³/mol. The monoisotopic (exact) mass is 491 g/mol. The predicted octanol–water partition coefficient (Wildman–Crippen LogP) is -3.95. The lowest BCUT2D eigenvalue weighted by Crippen LogP contribution is -2.58. The van der Waals surface area contributed by atoms with E-state index in [2.05, 4.69) is 28.6 Å². The Morgan fingerprint density at radius 1 is 0.788 bits per heavy atom. The molecule has 0 aliphatic heterocycles. The second kappa shape index (κ2) is 15.8. The van der Waals surface area contributed by atoms with Crippen LogP contribution in [0.5, 0.6) is 0 Å². The van der Waals surface area contributed by atoms with Crippen LogP contribution in [0.15, 0.2) is 0 Å². The Hall–Kier alpha value is -2.91. The number of nitrogens with one attached hydrogen (secondary N) is 3. The molecule has 0 aromatic rings. The molecule has 33 heavy (non-hydrogen) atoms. The topological polar surface area (TPSA) is 263 Å². The summed E-state index contributed by atoms with van der Waals surface area (Å²) in [7, 11) is 0. The first-order valence-electron chi connectivity index (χ1n) is 10.2. The van der Waals surface area contributed by atoms with Crippen LogP contribution in [-0.4, -0.2) is 77.1 Å². The van der Waals surface area contributed by atoms with Crippen LogP contribution in [0.1, 0.15) is 38.5 Å². The average Bonchev–Trinajstić information content (AvgIpc) is 2.72. The Morgan fingerprint density at radius 2 is 1.33 bits per heavy atom. The molecule has 188 valence electrons. The Kier molecular flexibility index (Phi) is 14.4. The maximum atomic E-state index is 12.7. The molecule has 4 atom stereocenters. The Labute approximate surface area is 196 Å². The summed E-state index contributed by atoms with van der Waals surface area (Å²) in [5.74, 6) is -5.55. The van der Waals surface area contributed by atoms with Crippen LogP contribution in [0.4, 0.5) is 0 Å². The second-order valence-electron chi connectivity index (χ2n) is 7.27. The van der Waals surface area contributed by atoms with Gasteiger partial charge in [-0.25, -0.2) is 4.79 Å². The van der Waals surface area contributed by atoms with E-state index in [1.807, 2.05) is 0 Å². The zero-order valence-corrected chi connectivity index (χ0v) is 19.0. The molecule has 0 aromatic heterocycles. The van der Waals surface area contributed by atoms with Crippen LogP contribution < -0.4 is 38.9 Å². The summed E-state index contributed by atoms with van der Waals surface area (Å²) in [6.45, 7) is 0.359. The van der Waals surface area contributed by atoms with Crippen molar-refractivity contribution in [2.24, 2.45) is 22.9 Å². The largest absolute Gasteiger partial charge is 0.480 e. The number of carboxylic acids is 1. The van der Waals surface area contributed by atoms with Gasteiger partial charge < -0.3 is 44.0 Å². The van der Waals surface area contributed by atoms with Crippen molar-refractivity contribution in [2.75, 3.05) is 12.3 Å². The third-order valence-electron chi connectivity index (χ3n) is 4.45. The van der Waals surface area contributed by atoms with Crippen LogP contribution >= 0.6 is 12.6 Å². The maximum absolute atomic E-state index is 12.7. The lowest BCUT2D eigenvalue weighted by atomic mass is 10.1. The number of hydrogen-bond donors (Lipinski definition) is 9. The minimum absolute atomic E-state index is 0.113. The Bertz CT molecular complexity index is 722. The van der Waals surface area contributed by atoms with Gasteiger partial charge in [0.25, 0.3) is 0 Å². The van der Waals surface area contributed by atoms with Gasteiger partial charge in [0.2, 0.25) is 29.5 Å². The van der Waals surface area contributed by atoms with Crippen LogP contribution in [-0.2, 0) is 28.8 Å². The zero-order valence-electron chi connectivity index (χ0n) is 18.1. The average molecular weight is 492 g/mol. The van der Waals surface area contributed by atoms with Crippen LogP contribution in [0.25, 0.3) is 0 Å². The molecule has 0 aromatic carbocycles. The molecule has 0 saturated heterocycles. The van der Waals surface area contributed by atoms with Crippen LogP contribution in [0, 0.1) is 0 Å². The molecular weight excluding hydrogens is 458 g/mol. The van der Waals surface area contributed by atoms with E-state index in [0.29, 0.717) is 19.4 Å². The van der Waals surface area contributed by atoms with Crippen molar-refractivity contribution in [2.45, 2.75) is 62.7 Å². The Balaban J connectivity index is 5.30. The van der Waals surface area contributed by atoms with Crippen molar-refractivity contribution in [1.29, 1.82) is 0 Å². The van der Waals surface area contributed by atoms with E-state index >= 15 is 0 Å². The molecule has 5 amide bonds. The molecule has 14 nitrogen and oxygen atoms in total. The fourth-order valence-electron chi connectivity index (χ4n) is 2.63. The van der Waals surface area contributed by atoms with Gasteiger partial charge in [-0.05, 0) is 32.2 Å². The van der Waals surface area contributed by atoms with Crippen LogP contribution in [0.2, 0.25) is 0 Å². The number of carbonyl (C=O) groups excluding carboxylic acids is 5. The molecule has 0 heterocycles. The summed E-state index contributed by atoms with van der Waals surface area (Å²) in [5, 5.41) is 16.3. The number of nitrogens with two attached hydrogens (primary N) is 4. The summed E-state index contributed by atoms with van der Waals surface area (Å²) in [6, 6.07) is -5.09. The summed E-state index contributed by atoms with van der Waals surface area (Å²) in [5.41, 5.74) is 21.0. The molecule has 4 unspecified atom stereocenters. The molecule has 0 fully saturated rings. The lowest BCUT2D eigenvalue weighted by molar-refractivity contribution is -0.142. The second-order valence-corrected chi connectivity index (χ2v) is 7.64. The molecule has 0 bridgehead atoms. The minimum atomic E-state index is -1.32. The smallest absolute Gasteiger partial charge is 0.326 e. The maximum Gasteiger partial charge on any atom is 0.326 e. The van der Waals surface area contributed by atoms with Gasteiger partial charge in [-0.15, -0.1) is 0 Å². The van der Waals surface area contributed by atoms with Gasteiger partial charge in [0.1, 0.15) is 18.1 Å². The van der Waals surface area contributed by atoms with Gasteiger partial charge in [-0.3, -0.25) is 24.0 Å². The normalized spacial score (nSPS) is 14.3. The van der Waals surface area contributed by atoms with Crippen LogP contribution in [0.3, 0.4) is 0 Å². The van der Waals surface area contributed by atoms with Crippen molar-refractivity contribution >= 4 is 48.1 Å². The quantitative estimate of drug-likeness (QED) is 0.0708. The van der Waals surface area contributed by atoms with Gasteiger partial charge in [0, 0.05) is 12.2 Å². The number of unbranched alkanes of at least 4 members (excludes halogenated alkanes) is 1. The summed E-state index contributed by atoms with van der Waals surface area (Å²) >= 11 is 3.99. The zero-order chi connectivity index (χ0) is 25.6. The fourth-order valence-corrected chi connectivity index (χ4v) is 2.89. The fraction of sp³-hybridized carbons (Fsp3) is 0.667. The SMILES string of the molecule is NCCCCC(NC(=O)C(CCC(N)=O)NC(=O)C(CS)NC(=O)C(N)CC(N)=O)C(=O)O. The number of hydrogen-bond acceptors (Lipinski definition) is 9. The molecule has 0 spiro atoms. The first kappa shape index (κ1) is 30.1. The number of amides is 5. The number of thiol groups is 1. The molecule has 0 aliphatic rings. The lowest BCUT2D eigenvalue weighted by Gasteiger charge is -2.24. The standard InChI is InChI=1S/C18H33N7O7S/c19-6-2-1-3-11(18(31)32)24-16(29)10(4-5-13(21)26)23-17(30)12(8-33)25-15(28)9(20)7-14(22)27/h9-12,33H,1-8,19-20H2,(H2,21,26)(H2,22,27)(H,23,30)(H,24,29)(H,25,28)(H,31,32). The number of rotatable bonds is 17. The number of carbonyl (C=O) groups is 6. The van der Waals surface area contributed by atoms with E-state index in [0.717, 1.165) is 0 Å². The van der Waals surface area contributed by atoms with Gasteiger partial charge in [0.05, 0.1) is 12.5 Å². The van der Waals surface area contributed by atoms with E-state index in [1.54, 1.807) is 0 Å². The van der Waals surface area contributed by atoms with E-state index in [1.165, 1.54) is 0 Å². The van der Waals surface area contributed by atoms with Gasteiger partial charge in [-0.2, -0.15) is 12.6 Å². The van der Waals surface area contributed by atoms with E-state index < -0.39 is 66.1 Å². The molecule has 15 heteroatoms. The highest BCUT2D eigenvalue weighted by molar-refractivity contribution is 7.80. The third kappa shape index (κ3) is 12.6. The number of carboxylic acid groups (broad SMARTS) is 1. The van der Waals surface area contributed by atoms with E-state index in [4.69, 9.17) is 22.9 Å². The first-order valence-corrected chi connectivity index (χ1v) is 10.8. The van der Waals surface area contributed by atoms with Crippen molar-refractivity contribution in [3.05, 3.63) is 0 Å². The molecule has 0 rings (SSSR count). The highest BCUT2D eigenvalue weighted by Crippen LogP contribution is 2.05. The van der Waals surface area contributed by atoms with Crippen molar-refractivity contribution in [1.82, 2.24) is 16.0 Å². The molecular formula is C18H33N7O7S.